The molecule has 0 unspecified atom stereocenters. The zero-order valence-electron chi connectivity index (χ0n) is 18.6. The zero-order chi connectivity index (χ0) is 22.0. The normalized spacial score (nSPS) is 15.0. The second kappa shape index (κ2) is 9.00. The number of rotatable bonds is 5. The molecule has 1 aliphatic rings. The maximum absolute atomic E-state index is 12.6. The van der Waals surface area contributed by atoms with Gasteiger partial charge in [-0.2, -0.15) is 0 Å². The van der Waals surface area contributed by atoms with E-state index in [-0.39, 0.29) is 17.9 Å². The lowest BCUT2D eigenvalue weighted by atomic mass is 9.97. The summed E-state index contributed by atoms with van der Waals surface area (Å²) in [4.78, 5) is 26.3. The molecule has 0 bridgehead atoms. The molecule has 4 rings (SSSR count). The van der Waals surface area contributed by atoms with Crippen LogP contribution in [0.4, 0.5) is 4.79 Å². The highest BCUT2D eigenvalue weighted by atomic mass is 16.5. The smallest absolute Gasteiger partial charge is 0.317 e. The quantitative estimate of drug-likeness (QED) is 0.599. The molecule has 164 valence electrons. The van der Waals surface area contributed by atoms with Gasteiger partial charge >= 0.3 is 12.0 Å². The molecular weight excluding hydrogens is 390 g/mol. The van der Waals surface area contributed by atoms with Crippen LogP contribution in [-0.4, -0.2) is 41.2 Å². The van der Waals surface area contributed by atoms with Crippen LogP contribution in [0.2, 0.25) is 0 Å². The summed E-state index contributed by atoms with van der Waals surface area (Å²) in [6.45, 7) is 8.26. The first-order chi connectivity index (χ1) is 15.0. The fraction of sp³-hybridized carbons (Fsp3) is 0.440. The number of amides is 2. The van der Waals surface area contributed by atoms with Crippen molar-refractivity contribution in [2.75, 3.05) is 19.7 Å². The van der Waals surface area contributed by atoms with Crippen LogP contribution in [0.3, 0.4) is 0 Å². The highest BCUT2D eigenvalue weighted by Crippen LogP contribution is 2.32. The number of hydrogen-bond donors (Lipinski definition) is 1. The Morgan fingerprint density at radius 2 is 1.77 bits per heavy atom. The van der Waals surface area contributed by atoms with Gasteiger partial charge in [0.15, 0.2) is 0 Å². The number of hydrogen-bond acceptors (Lipinski definition) is 3. The molecule has 1 N–H and O–H groups in total. The molecule has 2 amide bonds. The van der Waals surface area contributed by atoms with E-state index in [0.717, 1.165) is 5.56 Å². The second-order valence-corrected chi connectivity index (χ2v) is 8.50. The summed E-state index contributed by atoms with van der Waals surface area (Å²) >= 11 is 0. The maximum Gasteiger partial charge on any atom is 0.317 e. The van der Waals surface area contributed by atoms with Crippen LogP contribution in [0.5, 0.6) is 0 Å². The second-order valence-electron chi connectivity index (χ2n) is 8.50. The van der Waals surface area contributed by atoms with Gasteiger partial charge in [0.2, 0.25) is 0 Å². The average molecular weight is 422 g/mol. The Kier molecular flexibility index (Phi) is 6.16. The number of piperidine rings is 1. The number of para-hydroxylation sites is 1. The van der Waals surface area contributed by atoms with Crippen LogP contribution in [0.25, 0.3) is 21.8 Å². The maximum atomic E-state index is 12.6. The minimum Gasteiger partial charge on any atom is -0.466 e. The fourth-order valence-electron chi connectivity index (χ4n) is 4.58. The SMILES string of the molecule is CCOC(=O)C1CCN(C(=O)NCc2ccc3c(c2)c2ccccc2n3C(C)C)CC1. The van der Waals surface area contributed by atoms with Crippen molar-refractivity contribution in [2.24, 2.45) is 5.92 Å². The van der Waals surface area contributed by atoms with Crippen molar-refractivity contribution in [1.29, 1.82) is 0 Å². The number of nitrogens with one attached hydrogen (secondary N) is 1. The molecule has 0 radical (unpaired) electrons. The fourth-order valence-corrected chi connectivity index (χ4v) is 4.58. The number of esters is 1. The summed E-state index contributed by atoms with van der Waals surface area (Å²) < 4.78 is 7.47. The summed E-state index contributed by atoms with van der Waals surface area (Å²) in [5, 5.41) is 5.49. The molecule has 0 spiro atoms. The van der Waals surface area contributed by atoms with Crippen molar-refractivity contribution in [3.63, 3.8) is 0 Å². The predicted octanol–water partition coefficient (Wildman–Crippen LogP) is 4.86. The van der Waals surface area contributed by atoms with Gasteiger partial charge in [0.05, 0.1) is 12.5 Å². The minimum absolute atomic E-state index is 0.0768. The topological polar surface area (TPSA) is 63.6 Å². The number of ether oxygens (including phenoxy) is 1. The van der Waals surface area contributed by atoms with E-state index in [2.05, 4.69) is 66.2 Å². The summed E-state index contributed by atoms with van der Waals surface area (Å²) in [7, 11) is 0. The van der Waals surface area contributed by atoms with Gasteiger partial charge in [-0.1, -0.05) is 24.3 Å². The first-order valence-corrected chi connectivity index (χ1v) is 11.2. The average Bonchev–Trinajstić information content (AvgIpc) is 3.12. The van der Waals surface area contributed by atoms with E-state index in [1.807, 2.05) is 6.92 Å². The largest absolute Gasteiger partial charge is 0.466 e. The van der Waals surface area contributed by atoms with Crippen molar-refractivity contribution >= 4 is 33.8 Å². The Morgan fingerprint density at radius 3 is 2.48 bits per heavy atom. The molecule has 6 heteroatoms. The Hall–Kier alpha value is -3.02. The van der Waals surface area contributed by atoms with Gasteiger partial charge < -0.3 is 19.5 Å². The third-order valence-corrected chi connectivity index (χ3v) is 6.14. The van der Waals surface area contributed by atoms with Gasteiger partial charge in [0.1, 0.15) is 0 Å². The molecule has 2 aromatic carbocycles. The molecule has 0 aliphatic carbocycles. The Morgan fingerprint density at radius 1 is 1.06 bits per heavy atom. The summed E-state index contributed by atoms with van der Waals surface area (Å²) in [5.74, 6) is -0.235. The van der Waals surface area contributed by atoms with Gasteiger partial charge in [0.25, 0.3) is 0 Å². The third kappa shape index (κ3) is 4.24. The van der Waals surface area contributed by atoms with E-state index in [0.29, 0.717) is 45.1 Å². The predicted molar refractivity (Wildman–Crippen MR) is 123 cm³/mol. The van der Waals surface area contributed by atoms with E-state index in [1.54, 1.807) is 4.90 Å². The van der Waals surface area contributed by atoms with Crippen LogP contribution in [0.1, 0.15) is 45.2 Å². The number of nitrogens with zero attached hydrogens (tertiary/aromatic N) is 2. The number of fused-ring (bicyclic) bond motifs is 3. The van der Waals surface area contributed by atoms with E-state index >= 15 is 0 Å². The number of carbonyl (C=O) groups excluding carboxylic acids is 2. The van der Waals surface area contributed by atoms with E-state index in [9.17, 15) is 9.59 Å². The highest BCUT2D eigenvalue weighted by Gasteiger charge is 2.28. The van der Waals surface area contributed by atoms with Crippen molar-refractivity contribution in [3.05, 3.63) is 48.0 Å². The molecule has 3 aromatic rings. The van der Waals surface area contributed by atoms with Crippen molar-refractivity contribution in [2.45, 2.75) is 46.2 Å². The standard InChI is InChI=1S/C25H31N3O3/c1-4-31-24(29)19-11-13-27(14-12-19)25(30)26-16-18-9-10-23-21(15-18)20-7-5-6-8-22(20)28(23)17(2)3/h5-10,15,17,19H,4,11-14,16H2,1-3H3,(H,26,30). The molecule has 31 heavy (non-hydrogen) atoms. The molecular formula is C25H31N3O3. The number of aromatic nitrogens is 1. The number of likely N-dealkylation sites (tertiary alicyclic amines) is 1. The molecule has 1 fully saturated rings. The molecule has 6 nitrogen and oxygen atoms in total. The van der Waals surface area contributed by atoms with Crippen LogP contribution >= 0.6 is 0 Å². The minimum atomic E-state index is -0.142. The van der Waals surface area contributed by atoms with Gasteiger partial charge in [-0.15, -0.1) is 0 Å². The molecule has 1 aromatic heterocycles. The van der Waals surface area contributed by atoms with Crippen molar-refractivity contribution < 1.29 is 14.3 Å². The van der Waals surface area contributed by atoms with E-state index in [1.165, 1.54) is 21.8 Å². The number of benzene rings is 2. The lowest BCUT2D eigenvalue weighted by molar-refractivity contribution is -0.149. The van der Waals surface area contributed by atoms with Crippen LogP contribution in [-0.2, 0) is 16.1 Å². The van der Waals surface area contributed by atoms with Gasteiger partial charge in [-0.05, 0) is 57.4 Å². The molecule has 1 aliphatic heterocycles. The first kappa shape index (κ1) is 21.2. The summed E-state index contributed by atoms with van der Waals surface area (Å²) in [6.07, 6.45) is 1.32. The molecule has 1 saturated heterocycles. The van der Waals surface area contributed by atoms with E-state index < -0.39 is 0 Å². The first-order valence-electron chi connectivity index (χ1n) is 11.2. The van der Waals surface area contributed by atoms with Crippen molar-refractivity contribution in [1.82, 2.24) is 14.8 Å². The Labute approximate surface area is 183 Å². The lowest BCUT2D eigenvalue weighted by Crippen LogP contribution is -2.45. The van der Waals surface area contributed by atoms with Crippen LogP contribution < -0.4 is 5.32 Å². The summed E-state index contributed by atoms with van der Waals surface area (Å²) in [5.41, 5.74) is 3.53. The van der Waals surface area contributed by atoms with Gasteiger partial charge in [-0.3, -0.25) is 4.79 Å². The molecule has 0 saturated carbocycles. The van der Waals surface area contributed by atoms with E-state index in [4.69, 9.17) is 4.74 Å². The lowest BCUT2D eigenvalue weighted by Gasteiger charge is -2.30. The van der Waals surface area contributed by atoms with Gasteiger partial charge in [-0.25, -0.2) is 4.79 Å². The number of urea groups is 1. The van der Waals surface area contributed by atoms with Crippen molar-refractivity contribution in [3.8, 4) is 0 Å². The summed E-state index contributed by atoms with van der Waals surface area (Å²) in [6, 6.07) is 15.2. The molecule has 0 atom stereocenters. The zero-order valence-corrected chi connectivity index (χ0v) is 18.6. The van der Waals surface area contributed by atoms with Gasteiger partial charge in [0, 0.05) is 47.5 Å². The Balaban J connectivity index is 1.43. The van der Waals surface area contributed by atoms with Crippen LogP contribution in [0.15, 0.2) is 42.5 Å². The van der Waals surface area contributed by atoms with Crippen LogP contribution in [0, 0.1) is 5.92 Å². The Bertz CT molecular complexity index is 1090. The highest BCUT2D eigenvalue weighted by molar-refractivity contribution is 6.08. The number of carbonyl (C=O) groups is 2. The monoisotopic (exact) mass is 421 g/mol. The molecule has 2 heterocycles. The third-order valence-electron chi connectivity index (χ3n) is 6.14.